The number of ether oxygens (including phenoxy) is 2. The summed E-state index contributed by atoms with van der Waals surface area (Å²) in [6.07, 6.45) is 3.33. The number of carbonyl (C=O) groups is 2. The summed E-state index contributed by atoms with van der Waals surface area (Å²) < 4.78 is 13.3. The van der Waals surface area contributed by atoms with Crippen LogP contribution < -0.4 is 30.3 Å². The van der Waals surface area contributed by atoms with Gasteiger partial charge in [-0.3, -0.25) is 19.6 Å². The zero-order valence-electron chi connectivity index (χ0n) is 31.2. The highest BCUT2D eigenvalue weighted by molar-refractivity contribution is 6.33. The molecule has 4 heterocycles. The van der Waals surface area contributed by atoms with E-state index in [1.807, 2.05) is 60.3 Å². The average Bonchev–Trinajstić information content (AvgIpc) is 3.51. The number of imide groups is 1. The van der Waals surface area contributed by atoms with Crippen LogP contribution in [0.2, 0.25) is 5.02 Å². The summed E-state index contributed by atoms with van der Waals surface area (Å²) in [4.78, 5) is 36.0. The minimum atomic E-state index is -0.432. The molecule has 12 nitrogen and oxygen atoms in total. The predicted molar refractivity (Wildman–Crippen MR) is 216 cm³/mol. The number of aromatic nitrogens is 4. The molecule has 6 aromatic rings. The fraction of sp³-hybridized carbons (Fsp3) is 0.310. The van der Waals surface area contributed by atoms with Gasteiger partial charge in [0.25, 0.3) is 0 Å². The largest absolute Gasteiger partial charge is 0.497 e. The number of methoxy groups -OCH3 is 1. The molecule has 2 aliphatic rings. The van der Waals surface area contributed by atoms with E-state index in [1.54, 1.807) is 13.3 Å². The van der Waals surface area contributed by atoms with Crippen LogP contribution in [0.4, 0.5) is 23.1 Å². The molecular formula is C42H43ClN8O4. The third-order valence-electron chi connectivity index (χ3n) is 10.8. The number of carbonyl (C=O) groups excluding carboxylic acids is 2. The van der Waals surface area contributed by atoms with Gasteiger partial charge >= 0.3 is 0 Å². The van der Waals surface area contributed by atoms with Crippen LogP contribution in [0.1, 0.15) is 48.9 Å². The maximum atomic E-state index is 12.6. The van der Waals surface area contributed by atoms with Gasteiger partial charge in [-0.05, 0) is 96.1 Å². The van der Waals surface area contributed by atoms with Crippen LogP contribution >= 0.6 is 11.6 Å². The van der Waals surface area contributed by atoms with E-state index in [1.165, 1.54) is 0 Å². The maximum absolute atomic E-state index is 12.6. The van der Waals surface area contributed by atoms with Gasteiger partial charge in [0.2, 0.25) is 17.8 Å². The minimum absolute atomic E-state index is 0.229. The Morgan fingerprint density at radius 2 is 1.78 bits per heavy atom. The van der Waals surface area contributed by atoms with Crippen molar-refractivity contribution in [3.63, 3.8) is 0 Å². The Morgan fingerprint density at radius 3 is 2.56 bits per heavy atom. The van der Waals surface area contributed by atoms with Crippen molar-refractivity contribution in [2.45, 2.75) is 51.7 Å². The van der Waals surface area contributed by atoms with Crippen molar-refractivity contribution >= 4 is 68.2 Å². The quantitative estimate of drug-likeness (QED) is 0.120. The van der Waals surface area contributed by atoms with E-state index in [-0.39, 0.29) is 17.9 Å². The molecule has 0 aliphatic carbocycles. The fourth-order valence-electron chi connectivity index (χ4n) is 7.66. The van der Waals surface area contributed by atoms with Crippen LogP contribution in [0.3, 0.4) is 0 Å². The molecule has 2 aliphatic heterocycles. The molecule has 0 saturated carbocycles. The molecule has 0 bridgehead atoms. The molecule has 2 amide bonds. The minimum Gasteiger partial charge on any atom is -0.497 e. The molecule has 0 radical (unpaired) electrons. The van der Waals surface area contributed by atoms with Crippen molar-refractivity contribution in [3.8, 4) is 11.5 Å². The molecule has 2 fully saturated rings. The highest BCUT2D eigenvalue weighted by atomic mass is 35.5. The number of anilines is 4. The number of nitrogens with one attached hydrogen (secondary N) is 3. The Hall–Kier alpha value is -5.88. The van der Waals surface area contributed by atoms with Crippen LogP contribution in [0.5, 0.6) is 11.5 Å². The van der Waals surface area contributed by atoms with Crippen molar-refractivity contribution in [1.82, 2.24) is 25.1 Å². The molecule has 8 rings (SSSR count). The number of hydrogen-bond donors (Lipinski definition) is 3. The SMILES string of the molecule is COc1ccc(COc2ccc3cc(Nc4nc(N5CC[C@@H](Nc6ccc7c(C8CCC(=O)NC8=O)nn(C)c7c6)[C@H](C)C5)ncc4Cl)ccc3c2C)cc1. The van der Waals surface area contributed by atoms with Gasteiger partial charge < -0.3 is 25.0 Å². The van der Waals surface area contributed by atoms with Crippen molar-refractivity contribution in [1.29, 1.82) is 0 Å². The van der Waals surface area contributed by atoms with Crippen molar-refractivity contribution < 1.29 is 19.1 Å². The lowest BCUT2D eigenvalue weighted by Crippen LogP contribution is -2.46. The summed E-state index contributed by atoms with van der Waals surface area (Å²) in [6, 6.07) is 24.6. The molecule has 3 atom stereocenters. The summed E-state index contributed by atoms with van der Waals surface area (Å²) in [5.41, 5.74) is 5.65. The standard InChI is InChI=1S/C42H43ClN8O4/c1-24-22-51(18-17-35(24)45-29-9-13-32-36(20-29)50(3)49-39(32)33-14-16-38(52)47-41(33)53)42-44-21-34(43)40(48-42)46-28-8-12-31-25(2)37(15-7-27(31)19-28)55-23-26-5-10-30(54-4)11-6-26/h5-13,15,19-21,24,33,35,45H,14,16-18,22-23H2,1-4H3,(H,44,46,48)(H,47,52,53)/t24-,33?,35-/m1/s1. The van der Waals surface area contributed by atoms with Gasteiger partial charge in [0.15, 0.2) is 5.82 Å². The summed E-state index contributed by atoms with van der Waals surface area (Å²) in [5, 5.41) is 17.9. The van der Waals surface area contributed by atoms with E-state index in [4.69, 9.17) is 26.1 Å². The molecule has 4 aromatic carbocycles. The number of amides is 2. The lowest BCUT2D eigenvalue weighted by atomic mass is 9.92. The molecule has 0 spiro atoms. The summed E-state index contributed by atoms with van der Waals surface area (Å²) in [5.74, 6) is 2.20. The third kappa shape index (κ3) is 7.46. The zero-order chi connectivity index (χ0) is 38.2. The van der Waals surface area contributed by atoms with E-state index in [9.17, 15) is 9.59 Å². The first kappa shape index (κ1) is 36.1. The Kier molecular flexibility index (Phi) is 9.91. The van der Waals surface area contributed by atoms with Gasteiger partial charge in [-0.2, -0.15) is 10.1 Å². The highest BCUT2D eigenvalue weighted by Crippen LogP contribution is 2.35. The Balaban J connectivity index is 0.910. The van der Waals surface area contributed by atoms with Crippen molar-refractivity contribution in [2.24, 2.45) is 13.0 Å². The lowest BCUT2D eigenvalue weighted by molar-refractivity contribution is -0.134. The molecule has 282 valence electrons. The maximum Gasteiger partial charge on any atom is 0.235 e. The van der Waals surface area contributed by atoms with Crippen molar-refractivity contribution in [2.75, 3.05) is 35.7 Å². The van der Waals surface area contributed by atoms with Crippen LogP contribution in [0.15, 0.2) is 79.0 Å². The molecule has 55 heavy (non-hydrogen) atoms. The molecule has 1 unspecified atom stereocenters. The van der Waals surface area contributed by atoms with E-state index >= 15 is 0 Å². The number of fused-ring (bicyclic) bond motifs is 2. The number of nitrogens with zero attached hydrogens (tertiary/aromatic N) is 5. The highest BCUT2D eigenvalue weighted by Gasteiger charge is 2.32. The van der Waals surface area contributed by atoms with Gasteiger partial charge in [0.05, 0.1) is 30.4 Å². The summed E-state index contributed by atoms with van der Waals surface area (Å²) >= 11 is 6.63. The lowest BCUT2D eigenvalue weighted by Gasteiger charge is -2.37. The number of halogens is 1. The monoisotopic (exact) mass is 758 g/mol. The molecule has 3 N–H and O–H groups in total. The van der Waals surface area contributed by atoms with E-state index in [0.29, 0.717) is 47.8 Å². The van der Waals surface area contributed by atoms with Crippen LogP contribution in [-0.2, 0) is 23.2 Å². The normalized spacial score (nSPS) is 18.7. The number of rotatable bonds is 10. The van der Waals surface area contributed by atoms with Gasteiger partial charge in [0.1, 0.15) is 23.1 Å². The Morgan fingerprint density at radius 1 is 0.982 bits per heavy atom. The second-order valence-corrected chi connectivity index (χ2v) is 14.9. The first-order valence-electron chi connectivity index (χ1n) is 18.5. The van der Waals surface area contributed by atoms with E-state index < -0.39 is 5.92 Å². The second-order valence-electron chi connectivity index (χ2n) is 14.5. The number of aryl methyl sites for hydroxylation is 2. The van der Waals surface area contributed by atoms with Crippen LogP contribution in [0.25, 0.3) is 21.7 Å². The molecule has 13 heteroatoms. The predicted octanol–water partition coefficient (Wildman–Crippen LogP) is 7.66. The first-order chi connectivity index (χ1) is 26.6. The number of piperidine rings is 2. The number of benzene rings is 4. The number of hydrogen-bond acceptors (Lipinski definition) is 10. The zero-order valence-corrected chi connectivity index (χ0v) is 32.0. The van der Waals surface area contributed by atoms with Crippen molar-refractivity contribution in [3.05, 3.63) is 101 Å². The average molecular weight is 759 g/mol. The third-order valence-corrected chi connectivity index (χ3v) is 11.1. The van der Waals surface area contributed by atoms with Gasteiger partial charge in [-0.25, -0.2) is 4.98 Å². The fourth-order valence-corrected chi connectivity index (χ4v) is 7.80. The first-order valence-corrected chi connectivity index (χ1v) is 18.9. The van der Waals surface area contributed by atoms with Crippen LogP contribution in [0, 0.1) is 12.8 Å². The topological polar surface area (TPSA) is 136 Å². The summed E-state index contributed by atoms with van der Waals surface area (Å²) in [6.45, 7) is 6.32. The van der Waals surface area contributed by atoms with Gasteiger partial charge in [-0.15, -0.1) is 0 Å². The second kappa shape index (κ2) is 15.1. The Labute approximate surface area is 324 Å². The van der Waals surface area contributed by atoms with Gasteiger partial charge in [0, 0.05) is 49.4 Å². The molecular weight excluding hydrogens is 716 g/mol. The van der Waals surface area contributed by atoms with E-state index in [0.717, 1.165) is 75.2 Å². The van der Waals surface area contributed by atoms with Crippen LogP contribution in [-0.4, -0.2) is 57.8 Å². The summed E-state index contributed by atoms with van der Waals surface area (Å²) in [7, 11) is 3.54. The molecule has 2 aromatic heterocycles. The van der Waals surface area contributed by atoms with Gasteiger partial charge in [-0.1, -0.05) is 42.8 Å². The Bertz CT molecular complexity index is 2420. The van der Waals surface area contributed by atoms with E-state index in [2.05, 4.69) is 69.0 Å². The smallest absolute Gasteiger partial charge is 0.235 e. The molecule has 2 saturated heterocycles.